The number of aliphatic hydroxyl groups excluding tert-OH is 1. The Morgan fingerprint density at radius 1 is 1.00 bits per heavy atom. The minimum Gasteiger partial charge on any atom is -0.461 e. The molecular formula is C23H32O3Si. The average molecular weight is 385 g/mol. The molecule has 0 bridgehead atoms. The summed E-state index contributed by atoms with van der Waals surface area (Å²) in [6.45, 7) is 6.48. The number of ether oxygens (including phenoxy) is 1. The normalized spacial score (nSPS) is 13.2. The SMILES string of the molecule is CCCCCC[Si@@](C)(c1cccc(CO)c1)c1cccc(COC(C)=O)c1. The Labute approximate surface area is 164 Å². The van der Waals surface area contributed by atoms with Crippen LogP contribution in [0.1, 0.15) is 50.7 Å². The Bertz CT molecular complexity index is 744. The number of hydrogen-bond acceptors (Lipinski definition) is 3. The molecule has 2 aromatic rings. The molecule has 0 saturated heterocycles. The first-order valence-corrected chi connectivity index (χ1v) is 12.6. The van der Waals surface area contributed by atoms with Crippen LogP contribution in [0.25, 0.3) is 0 Å². The second kappa shape index (κ2) is 10.4. The van der Waals surface area contributed by atoms with E-state index in [0.29, 0.717) is 6.61 Å². The zero-order valence-corrected chi connectivity index (χ0v) is 17.8. The smallest absolute Gasteiger partial charge is 0.302 e. The Kier molecular flexibility index (Phi) is 8.26. The number of hydrogen-bond donors (Lipinski definition) is 1. The van der Waals surface area contributed by atoms with E-state index in [-0.39, 0.29) is 12.6 Å². The molecule has 0 heterocycles. The third-order valence-corrected chi connectivity index (χ3v) is 9.81. The lowest BCUT2D eigenvalue weighted by atomic mass is 10.2. The van der Waals surface area contributed by atoms with Crippen LogP contribution >= 0.6 is 0 Å². The number of carbonyl (C=O) groups excluding carboxylic acids is 1. The minimum atomic E-state index is -1.94. The first-order valence-electron chi connectivity index (χ1n) is 9.92. The van der Waals surface area contributed by atoms with Gasteiger partial charge in [0.15, 0.2) is 0 Å². The Hall–Kier alpha value is -1.91. The molecule has 0 unspecified atom stereocenters. The van der Waals surface area contributed by atoms with Crippen molar-refractivity contribution in [2.45, 2.75) is 65.3 Å². The molecular weight excluding hydrogens is 352 g/mol. The lowest BCUT2D eigenvalue weighted by Gasteiger charge is -2.30. The van der Waals surface area contributed by atoms with Gasteiger partial charge in [-0.2, -0.15) is 0 Å². The van der Waals surface area contributed by atoms with E-state index in [9.17, 15) is 9.90 Å². The van der Waals surface area contributed by atoms with Crippen molar-refractivity contribution >= 4 is 24.4 Å². The zero-order valence-electron chi connectivity index (χ0n) is 16.8. The average Bonchev–Trinajstić information content (AvgIpc) is 2.69. The fraction of sp³-hybridized carbons (Fsp3) is 0.435. The van der Waals surface area contributed by atoms with E-state index in [1.807, 2.05) is 12.1 Å². The molecule has 1 atom stereocenters. The predicted octanol–water partition coefficient (Wildman–Crippen LogP) is 4.02. The van der Waals surface area contributed by atoms with Gasteiger partial charge in [-0.3, -0.25) is 4.79 Å². The monoisotopic (exact) mass is 384 g/mol. The molecule has 0 aromatic heterocycles. The van der Waals surface area contributed by atoms with Gasteiger partial charge in [0.1, 0.15) is 14.7 Å². The summed E-state index contributed by atoms with van der Waals surface area (Å²) in [5, 5.41) is 12.3. The number of benzene rings is 2. The van der Waals surface area contributed by atoms with Crippen molar-refractivity contribution in [1.29, 1.82) is 0 Å². The Morgan fingerprint density at radius 2 is 1.63 bits per heavy atom. The van der Waals surface area contributed by atoms with Crippen molar-refractivity contribution < 1.29 is 14.6 Å². The van der Waals surface area contributed by atoms with Crippen LogP contribution < -0.4 is 10.4 Å². The molecule has 0 spiro atoms. The third kappa shape index (κ3) is 6.05. The van der Waals surface area contributed by atoms with E-state index >= 15 is 0 Å². The third-order valence-electron chi connectivity index (χ3n) is 5.28. The van der Waals surface area contributed by atoms with Gasteiger partial charge in [-0.15, -0.1) is 0 Å². The largest absolute Gasteiger partial charge is 0.461 e. The molecule has 27 heavy (non-hydrogen) atoms. The highest BCUT2D eigenvalue weighted by Crippen LogP contribution is 2.18. The van der Waals surface area contributed by atoms with Crippen LogP contribution in [0, 0.1) is 0 Å². The summed E-state index contributed by atoms with van der Waals surface area (Å²) in [5.41, 5.74) is 2.00. The maximum atomic E-state index is 11.2. The summed E-state index contributed by atoms with van der Waals surface area (Å²) in [5.74, 6) is -0.254. The molecule has 0 aliphatic rings. The van der Waals surface area contributed by atoms with E-state index in [1.165, 1.54) is 49.0 Å². The van der Waals surface area contributed by atoms with Gasteiger partial charge in [-0.25, -0.2) is 0 Å². The van der Waals surface area contributed by atoms with Crippen LogP contribution in [0.4, 0.5) is 0 Å². The van der Waals surface area contributed by atoms with Gasteiger partial charge in [0.25, 0.3) is 0 Å². The van der Waals surface area contributed by atoms with E-state index in [4.69, 9.17) is 4.74 Å². The predicted molar refractivity (Wildman–Crippen MR) is 114 cm³/mol. The van der Waals surface area contributed by atoms with Gasteiger partial charge < -0.3 is 9.84 Å². The second-order valence-corrected chi connectivity index (χ2v) is 11.8. The van der Waals surface area contributed by atoms with Crippen molar-refractivity contribution in [2.24, 2.45) is 0 Å². The highest BCUT2D eigenvalue weighted by atomic mass is 28.3. The number of carbonyl (C=O) groups is 1. The highest BCUT2D eigenvalue weighted by Gasteiger charge is 2.31. The molecule has 0 saturated carbocycles. The molecule has 2 aromatic carbocycles. The summed E-state index contributed by atoms with van der Waals surface area (Å²) in [6, 6.07) is 18.1. The Balaban J connectivity index is 2.36. The van der Waals surface area contributed by atoms with Crippen molar-refractivity contribution in [2.75, 3.05) is 0 Å². The molecule has 4 heteroatoms. The number of unbranched alkanes of at least 4 members (excludes halogenated alkanes) is 3. The van der Waals surface area contributed by atoms with Gasteiger partial charge in [0, 0.05) is 6.92 Å². The second-order valence-electron chi connectivity index (χ2n) is 7.48. The molecule has 1 N–H and O–H groups in total. The van der Waals surface area contributed by atoms with Crippen LogP contribution in [0.5, 0.6) is 0 Å². The van der Waals surface area contributed by atoms with Gasteiger partial charge in [-0.1, -0.05) is 98.1 Å². The minimum absolute atomic E-state index is 0.0701. The number of esters is 1. The van der Waals surface area contributed by atoms with Gasteiger partial charge in [0.05, 0.1) is 6.61 Å². The van der Waals surface area contributed by atoms with E-state index in [1.54, 1.807) is 0 Å². The summed E-state index contributed by atoms with van der Waals surface area (Å²) in [4.78, 5) is 11.2. The van der Waals surface area contributed by atoms with E-state index in [0.717, 1.165) is 11.1 Å². The van der Waals surface area contributed by atoms with Crippen LogP contribution in [-0.2, 0) is 22.7 Å². The zero-order chi connectivity index (χ0) is 19.7. The van der Waals surface area contributed by atoms with E-state index in [2.05, 4.69) is 49.9 Å². The topological polar surface area (TPSA) is 46.5 Å². The lowest BCUT2D eigenvalue weighted by Crippen LogP contribution is -2.55. The molecule has 0 aliphatic carbocycles. The first kappa shape index (κ1) is 21.4. The number of rotatable bonds is 10. The summed E-state index contributed by atoms with van der Waals surface area (Å²) < 4.78 is 5.19. The number of aliphatic hydroxyl groups is 1. The van der Waals surface area contributed by atoms with Gasteiger partial charge >= 0.3 is 5.97 Å². The molecule has 0 radical (unpaired) electrons. The van der Waals surface area contributed by atoms with Crippen LogP contribution in [-0.4, -0.2) is 19.1 Å². The maximum absolute atomic E-state index is 11.2. The first-order chi connectivity index (χ1) is 13.0. The van der Waals surface area contributed by atoms with Crippen molar-refractivity contribution in [3.63, 3.8) is 0 Å². The summed E-state index contributed by atoms with van der Waals surface area (Å²) in [6.07, 6.45) is 4.98. The van der Waals surface area contributed by atoms with Gasteiger partial charge in [0.2, 0.25) is 0 Å². The molecule has 0 amide bonds. The fourth-order valence-corrected chi connectivity index (χ4v) is 7.37. The highest BCUT2D eigenvalue weighted by molar-refractivity contribution is 7.01. The molecule has 0 fully saturated rings. The fourth-order valence-electron chi connectivity index (χ4n) is 3.56. The molecule has 0 aliphatic heterocycles. The van der Waals surface area contributed by atoms with Crippen molar-refractivity contribution in [1.82, 2.24) is 0 Å². The molecule has 146 valence electrons. The van der Waals surface area contributed by atoms with E-state index < -0.39 is 8.07 Å². The summed E-state index contributed by atoms with van der Waals surface area (Å²) >= 11 is 0. The Morgan fingerprint density at radius 3 is 2.22 bits per heavy atom. The van der Waals surface area contributed by atoms with Crippen molar-refractivity contribution in [3.05, 3.63) is 59.7 Å². The van der Waals surface area contributed by atoms with Crippen LogP contribution in [0.3, 0.4) is 0 Å². The lowest BCUT2D eigenvalue weighted by molar-refractivity contribution is -0.142. The maximum Gasteiger partial charge on any atom is 0.302 e. The van der Waals surface area contributed by atoms with Crippen LogP contribution in [0.2, 0.25) is 12.6 Å². The summed E-state index contributed by atoms with van der Waals surface area (Å²) in [7, 11) is -1.94. The van der Waals surface area contributed by atoms with Gasteiger partial charge in [-0.05, 0) is 17.2 Å². The van der Waals surface area contributed by atoms with Crippen LogP contribution in [0.15, 0.2) is 48.5 Å². The van der Waals surface area contributed by atoms with Crippen molar-refractivity contribution in [3.8, 4) is 0 Å². The molecule has 2 rings (SSSR count). The standard InChI is InChI=1S/C23H32O3Si/c1-4-5-6-7-14-27(3,22-12-8-10-20(15-22)17-24)23-13-9-11-21(16-23)18-26-19(2)25/h8-13,15-16,24H,4-7,14,17-18H2,1-3H3/t27-/m0/s1. The quantitative estimate of drug-likeness (QED) is 0.382. The molecule has 3 nitrogen and oxygen atoms in total.